The third kappa shape index (κ3) is 8.82. The van der Waals surface area contributed by atoms with Crippen LogP contribution in [0.5, 0.6) is 0 Å². The molecule has 0 bridgehead atoms. The molecule has 4 N–H and O–H groups in total. The van der Waals surface area contributed by atoms with Crippen LogP contribution in [-0.2, 0) is 19.1 Å². The Morgan fingerprint density at radius 2 is 1.71 bits per heavy atom. The average Bonchev–Trinajstić information content (AvgIpc) is 2.42. The Morgan fingerprint density at radius 3 is 2.10 bits per heavy atom. The molecule has 0 saturated heterocycles. The van der Waals surface area contributed by atoms with Crippen molar-refractivity contribution in [3.63, 3.8) is 0 Å². The van der Waals surface area contributed by atoms with Crippen LogP contribution in [0.1, 0.15) is 12.8 Å². The van der Waals surface area contributed by atoms with E-state index < -0.39 is 23.9 Å². The largest absolute Gasteiger partial charge is 0.480 e. The topological polar surface area (TPSA) is 131 Å². The van der Waals surface area contributed by atoms with Gasteiger partial charge in [-0.3, -0.25) is 4.79 Å². The van der Waals surface area contributed by atoms with Crippen molar-refractivity contribution in [2.24, 2.45) is 5.73 Å². The van der Waals surface area contributed by atoms with E-state index in [1.165, 1.54) is 19.1 Å². The Morgan fingerprint density at radius 1 is 1.19 bits per heavy atom. The highest BCUT2D eigenvalue weighted by Crippen LogP contribution is 2.00. The average molecular weight is 305 g/mol. The van der Waals surface area contributed by atoms with Gasteiger partial charge in [-0.2, -0.15) is 0 Å². The molecule has 1 atom stereocenters. The zero-order valence-electron chi connectivity index (χ0n) is 12.3. The fraction of sp³-hybridized carbons (Fsp3) is 0.750. The maximum atomic E-state index is 12.0. The van der Waals surface area contributed by atoms with Crippen molar-refractivity contribution >= 4 is 17.9 Å². The molecule has 0 aromatic rings. The number of ether oxygens (including phenoxy) is 2. The van der Waals surface area contributed by atoms with Gasteiger partial charge in [0, 0.05) is 33.7 Å². The van der Waals surface area contributed by atoms with Gasteiger partial charge in [0.25, 0.3) is 0 Å². The third-order valence-electron chi connectivity index (χ3n) is 2.69. The zero-order valence-corrected chi connectivity index (χ0v) is 12.3. The van der Waals surface area contributed by atoms with E-state index in [4.69, 9.17) is 20.3 Å². The van der Waals surface area contributed by atoms with Gasteiger partial charge in [-0.05, 0) is 6.42 Å². The van der Waals surface area contributed by atoms with Crippen molar-refractivity contribution < 1.29 is 29.0 Å². The van der Waals surface area contributed by atoms with E-state index in [2.05, 4.69) is 5.32 Å². The van der Waals surface area contributed by atoms with Crippen LogP contribution in [0.4, 0.5) is 4.79 Å². The molecule has 0 heterocycles. The second kappa shape index (κ2) is 10.9. The summed E-state index contributed by atoms with van der Waals surface area (Å²) in [4.78, 5) is 35.2. The molecule has 0 aliphatic carbocycles. The molecule has 122 valence electrons. The number of carbonyl (C=O) groups is 3. The number of nitrogens with two attached hydrogens (primary N) is 1. The summed E-state index contributed by atoms with van der Waals surface area (Å²) in [5.74, 6) is -1.84. The number of carboxylic acids is 1. The molecule has 0 radical (unpaired) electrons. The van der Waals surface area contributed by atoms with Crippen molar-refractivity contribution in [1.29, 1.82) is 0 Å². The number of primary amides is 1. The Hall–Kier alpha value is -1.87. The van der Waals surface area contributed by atoms with Crippen molar-refractivity contribution in [1.82, 2.24) is 10.2 Å². The number of rotatable bonds is 11. The maximum Gasteiger partial charge on any atom is 0.326 e. The molecule has 3 amide bonds. The van der Waals surface area contributed by atoms with E-state index in [9.17, 15) is 14.4 Å². The first-order valence-electron chi connectivity index (χ1n) is 6.46. The number of methoxy groups -OCH3 is 2. The molecule has 0 rings (SSSR count). The van der Waals surface area contributed by atoms with Gasteiger partial charge >= 0.3 is 12.0 Å². The van der Waals surface area contributed by atoms with Crippen molar-refractivity contribution in [2.45, 2.75) is 18.9 Å². The fourth-order valence-corrected chi connectivity index (χ4v) is 1.50. The van der Waals surface area contributed by atoms with Crippen LogP contribution in [0.3, 0.4) is 0 Å². The van der Waals surface area contributed by atoms with Crippen molar-refractivity contribution in [3.05, 3.63) is 0 Å². The molecular weight excluding hydrogens is 282 g/mol. The van der Waals surface area contributed by atoms with Gasteiger partial charge in [-0.25, -0.2) is 9.59 Å². The molecule has 9 heteroatoms. The quantitative estimate of drug-likeness (QED) is 0.449. The number of hydrogen-bond acceptors (Lipinski definition) is 5. The number of nitrogens with zero attached hydrogens (tertiary/aromatic N) is 1. The van der Waals surface area contributed by atoms with E-state index in [-0.39, 0.29) is 12.8 Å². The Kier molecular flexibility index (Phi) is 9.90. The highest BCUT2D eigenvalue weighted by molar-refractivity contribution is 5.83. The number of urea groups is 1. The minimum atomic E-state index is -1.22. The minimum absolute atomic E-state index is 0.0567. The smallest absolute Gasteiger partial charge is 0.326 e. The highest BCUT2D eigenvalue weighted by Gasteiger charge is 2.23. The molecule has 0 aliphatic rings. The molecule has 0 fully saturated rings. The Balaban J connectivity index is 4.56. The summed E-state index contributed by atoms with van der Waals surface area (Å²) in [5.41, 5.74) is 4.97. The first kappa shape index (κ1) is 19.1. The predicted molar refractivity (Wildman–Crippen MR) is 73.7 cm³/mol. The SMILES string of the molecule is COCCN(CCOC)C(=O)N[C@H](CCC(N)=O)C(=O)O. The summed E-state index contributed by atoms with van der Waals surface area (Å²) in [5, 5.41) is 11.4. The molecule has 0 spiro atoms. The van der Waals surface area contributed by atoms with Crippen LogP contribution >= 0.6 is 0 Å². The molecule has 0 aromatic heterocycles. The van der Waals surface area contributed by atoms with Crippen LogP contribution in [-0.4, -0.2) is 74.5 Å². The van der Waals surface area contributed by atoms with Crippen LogP contribution in [0.2, 0.25) is 0 Å². The number of amides is 3. The number of hydrogen-bond donors (Lipinski definition) is 3. The van der Waals surface area contributed by atoms with Crippen LogP contribution < -0.4 is 11.1 Å². The lowest BCUT2D eigenvalue weighted by atomic mass is 10.1. The van der Waals surface area contributed by atoms with E-state index in [1.54, 1.807) is 0 Å². The zero-order chi connectivity index (χ0) is 16.3. The van der Waals surface area contributed by atoms with Crippen LogP contribution in [0.15, 0.2) is 0 Å². The monoisotopic (exact) mass is 305 g/mol. The summed E-state index contributed by atoms with van der Waals surface area (Å²) in [7, 11) is 3.00. The lowest BCUT2D eigenvalue weighted by Gasteiger charge is -2.24. The van der Waals surface area contributed by atoms with Crippen molar-refractivity contribution in [3.8, 4) is 0 Å². The minimum Gasteiger partial charge on any atom is -0.480 e. The lowest BCUT2D eigenvalue weighted by Crippen LogP contribution is -2.49. The standard InChI is InChI=1S/C12H23N3O6/c1-20-7-5-15(6-8-21-2)12(19)14-9(11(17)18)3-4-10(13)16/h9H,3-8H2,1-2H3,(H2,13,16)(H,14,19)(H,17,18)/t9-/m1/s1. The molecule has 0 unspecified atom stereocenters. The Bertz CT molecular complexity index is 342. The molecule has 9 nitrogen and oxygen atoms in total. The van der Waals surface area contributed by atoms with E-state index in [1.807, 2.05) is 0 Å². The van der Waals surface area contributed by atoms with Gasteiger partial charge in [0.05, 0.1) is 13.2 Å². The molecule has 21 heavy (non-hydrogen) atoms. The summed E-state index contributed by atoms with van der Waals surface area (Å²) in [6.45, 7) is 1.23. The maximum absolute atomic E-state index is 12.0. The first-order valence-corrected chi connectivity index (χ1v) is 6.46. The van der Waals surface area contributed by atoms with Crippen molar-refractivity contribution in [2.75, 3.05) is 40.5 Å². The predicted octanol–water partition coefficient (Wildman–Crippen LogP) is -0.990. The summed E-state index contributed by atoms with van der Waals surface area (Å²) < 4.78 is 9.79. The summed E-state index contributed by atoms with van der Waals surface area (Å²) in [6, 6.07) is -1.72. The normalized spacial score (nSPS) is 11.7. The van der Waals surface area contributed by atoms with Gasteiger partial charge in [-0.1, -0.05) is 0 Å². The van der Waals surface area contributed by atoms with Gasteiger partial charge in [0.1, 0.15) is 6.04 Å². The lowest BCUT2D eigenvalue weighted by molar-refractivity contribution is -0.139. The van der Waals surface area contributed by atoms with E-state index >= 15 is 0 Å². The van der Waals surface area contributed by atoms with E-state index in [0.717, 1.165) is 0 Å². The number of carbonyl (C=O) groups excluding carboxylic acids is 2. The van der Waals surface area contributed by atoms with Crippen LogP contribution in [0.25, 0.3) is 0 Å². The van der Waals surface area contributed by atoms with Gasteiger partial charge < -0.3 is 30.5 Å². The highest BCUT2D eigenvalue weighted by atomic mass is 16.5. The Labute approximate surface area is 123 Å². The molecule has 0 aliphatic heterocycles. The summed E-state index contributed by atoms with van der Waals surface area (Å²) >= 11 is 0. The number of nitrogens with one attached hydrogen (secondary N) is 1. The van der Waals surface area contributed by atoms with Gasteiger partial charge in [-0.15, -0.1) is 0 Å². The summed E-state index contributed by atoms with van der Waals surface area (Å²) in [6.07, 6.45) is -0.174. The second-order valence-corrected chi connectivity index (χ2v) is 4.32. The molecular formula is C12H23N3O6. The third-order valence-corrected chi connectivity index (χ3v) is 2.69. The number of aliphatic carboxylic acids is 1. The fourth-order valence-electron chi connectivity index (χ4n) is 1.50. The second-order valence-electron chi connectivity index (χ2n) is 4.32. The molecule has 0 saturated carbocycles. The van der Waals surface area contributed by atoms with Crippen LogP contribution in [0, 0.1) is 0 Å². The van der Waals surface area contributed by atoms with Gasteiger partial charge in [0.15, 0.2) is 0 Å². The van der Waals surface area contributed by atoms with E-state index in [0.29, 0.717) is 26.3 Å². The number of carboxylic acid groups (broad SMARTS) is 1. The van der Waals surface area contributed by atoms with Gasteiger partial charge in [0.2, 0.25) is 5.91 Å². The molecule has 0 aromatic carbocycles. The first-order chi connectivity index (χ1) is 9.92.